The molecule has 0 N–H and O–H groups in total. The van der Waals surface area contributed by atoms with E-state index in [1.54, 1.807) is 0 Å². The van der Waals surface area contributed by atoms with Crippen molar-refractivity contribution in [3.63, 3.8) is 0 Å². The largest absolute Gasteiger partial charge is 0.294 e. The lowest BCUT2D eigenvalue weighted by Crippen LogP contribution is -2.13. The van der Waals surface area contributed by atoms with Crippen molar-refractivity contribution in [3.8, 4) is 0 Å². The number of fused-ring (bicyclic) bond motifs is 1. The zero-order valence-electron chi connectivity index (χ0n) is 11.6. The topological polar surface area (TPSA) is 30.0 Å². The minimum absolute atomic E-state index is 0.244. The lowest BCUT2D eigenvalue weighted by molar-refractivity contribution is 0.0976. The van der Waals surface area contributed by atoms with Crippen molar-refractivity contribution in [1.82, 2.24) is 4.98 Å². The van der Waals surface area contributed by atoms with E-state index in [4.69, 9.17) is 0 Å². The number of Topliss-reactive ketones (excluding diaryl/α,β-unsaturated/α-hetero) is 1. The molecule has 2 heteroatoms. The van der Waals surface area contributed by atoms with Crippen molar-refractivity contribution in [3.05, 3.63) is 65.5 Å². The molecule has 0 aliphatic heterocycles. The first kappa shape index (κ1) is 13.0. The van der Waals surface area contributed by atoms with Gasteiger partial charge in [0, 0.05) is 29.8 Å². The normalized spacial score (nSPS) is 17.5. The van der Waals surface area contributed by atoms with Gasteiger partial charge in [0.1, 0.15) is 0 Å². The van der Waals surface area contributed by atoms with Gasteiger partial charge >= 0.3 is 0 Å². The van der Waals surface area contributed by atoms with Crippen molar-refractivity contribution < 1.29 is 4.79 Å². The monoisotopic (exact) mass is 265 g/mol. The van der Waals surface area contributed by atoms with Crippen LogP contribution in [0.25, 0.3) is 0 Å². The van der Waals surface area contributed by atoms with Gasteiger partial charge in [-0.1, -0.05) is 36.4 Å². The molecule has 1 aromatic carbocycles. The van der Waals surface area contributed by atoms with E-state index in [2.05, 4.69) is 11.1 Å². The Balaban J connectivity index is 1.67. The highest BCUT2D eigenvalue weighted by Crippen LogP contribution is 2.33. The molecule has 20 heavy (non-hydrogen) atoms. The third-order valence-electron chi connectivity index (χ3n) is 4.13. The van der Waals surface area contributed by atoms with E-state index in [0.717, 1.165) is 24.8 Å². The maximum Gasteiger partial charge on any atom is 0.162 e. The van der Waals surface area contributed by atoms with Crippen LogP contribution in [-0.2, 0) is 6.42 Å². The molecule has 1 unspecified atom stereocenters. The van der Waals surface area contributed by atoms with Gasteiger partial charge in [-0.05, 0) is 37.3 Å². The third kappa shape index (κ3) is 2.79. The zero-order chi connectivity index (χ0) is 13.8. The fourth-order valence-corrected chi connectivity index (χ4v) is 3.06. The highest BCUT2D eigenvalue weighted by atomic mass is 16.1. The Hall–Kier alpha value is -1.96. The van der Waals surface area contributed by atoms with Crippen LogP contribution in [0.2, 0.25) is 0 Å². The Morgan fingerprint density at radius 3 is 2.85 bits per heavy atom. The van der Waals surface area contributed by atoms with Gasteiger partial charge in [-0.25, -0.2) is 0 Å². The highest BCUT2D eigenvalue weighted by Gasteiger charge is 2.22. The zero-order valence-corrected chi connectivity index (χ0v) is 11.6. The van der Waals surface area contributed by atoms with Gasteiger partial charge in [0.05, 0.1) is 0 Å². The van der Waals surface area contributed by atoms with Gasteiger partial charge in [0.25, 0.3) is 0 Å². The van der Waals surface area contributed by atoms with E-state index in [1.165, 1.54) is 17.7 Å². The average Bonchev–Trinajstić information content (AvgIpc) is 2.53. The molecule has 1 atom stereocenters. The minimum atomic E-state index is 0.244. The Kier molecular flexibility index (Phi) is 3.91. The summed E-state index contributed by atoms with van der Waals surface area (Å²) in [6, 6.07) is 13.8. The smallest absolute Gasteiger partial charge is 0.162 e. The van der Waals surface area contributed by atoms with Crippen molar-refractivity contribution in [2.75, 3.05) is 0 Å². The molecule has 0 saturated carbocycles. The summed E-state index contributed by atoms with van der Waals surface area (Å²) in [4.78, 5) is 16.7. The number of carbonyl (C=O) groups excluding carboxylic acids is 1. The van der Waals surface area contributed by atoms with Crippen molar-refractivity contribution in [2.24, 2.45) is 0 Å². The molecule has 0 radical (unpaired) electrons. The number of carbonyl (C=O) groups is 1. The number of ketones is 1. The van der Waals surface area contributed by atoms with E-state index in [0.29, 0.717) is 12.3 Å². The van der Waals surface area contributed by atoms with Crippen LogP contribution in [0, 0.1) is 0 Å². The summed E-state index contributed by atoms with van der Waals surface area (Å²) >= 11 is 0. The Morgan fingerprint density at radius 2 is 2.00 bits per heavy atom. The Bertz CT molecular complexity index is 591. The van der Waals surface area contributed by atoms with Crippen LogP contribution in [0.4, 0.5) is 0 Å². The number of rotatable bonds is 4. The van der Waals surface area contributed by atoms with E-state index in [-0.39, 0.29) is 5.78 Å². The van der Waals surface area contributed by atoms with Crippen LogP contribution >= 0.6 is 0 Å². The number of benzene rings is 1. The quantitative estimate of drug-likeness (QED) is 0.777. The summed E-state index contributed by atoms with van der Waals surface area (Å²) in [6.07, 6.45) is 6.90. The number of nitrogens with zero attached hydrogens (tertiary/aromatic N) is 1. The third-order valence-corrected chi connectivity index (χ3v) is 4.13. The molecule has 0 saturated heterocycles. The SMILES string of the molecule is O=C(CCC1CCCc2cccnc21)c1ccccc1. The van der Waals surface area contributed by atoms with Crippen LogP contribution in [0.15, 0.2) is 48.7 Å². The second kappa shape index (κ2) is 6.00. The fourth-order valence-electron chi connectivity index (χ4n) is 3.06. The molecule has 102 valence electrons. The van der Waals surface area contributed by atoms with Crippen molar-refractivity contribution in [2.45, 2.75) is 38.0 Å². The van der Waals surface area contributed by atoms with E-state index >= 15 is 0 Å². The number of hydrogen-bond acceptors (Lipinski definition) is 2. The van der Waals surface area contributed by atoms with Crippen LogP contribution < -0.4 is 0 Å². The van der Waals surface area contributed by atoms with Gasteiger partial charge < -0.3 is 0 Å². The van der Waals surface area contributed by atoms with Gasteiger partial charge in [-0.2, -0.15) is 0 Å². The maximum absolute atomic E-state index is 12.2. The van der Waals surface area contributed by atoms with Crippen molar-refractivity contribution in [1.29, 1.82) is 0 Å². The molecular weight excluding hydrogens is 246 g/mol. The summed E-state index contributed by atoms with van der Waals surface area (Å²) in [5, 5.41) is 0. The Labute approximate surface area is 119 Å². The standard InChI is InChI=1S/C18H19NO/c20-17(14-6-2-1-3-7-14)12-11-16-9-4-8-15-10-5-13-19-18(15)16/h1-3,5-7,10,13,16H,4,8-9,11-12H2. The first-order valence-electron chi connectivity index (χ1n) is 7.36. The maximum atomic E-state index is 12.2. The first-order chi connectivity index (χ1) is 9.84. The van der Waals surface area contributed by atoms with E-state index < -0.39 is 0 Å². The summed E-state index contributed by atoms with van der Waals surface area (Å²) in [7, 11) is 0. The molecule has 1 aromatic heterocycles. The average molecular weight is 265 g/mol. The predicted molar refractivity (Wildman–Crippen MR) is 79.9 cm³/mol. The van der Waals surface area contributed by atoms with Crippen LogP contribution in [0.1, 0.15) is 53.2 Å². The van der Waals surface area contributed by atoms with Gasteiger partial charge in [0.15, 0.2) is 5.78 Å². The lowest BCUT2D eigenvalue weighted by atomic mass is 9.83. The second-order valence-corrected chi connectivity index (χ2v) is 5.46. The molecule has 1 heterocycles. The van der Waals surface area contributed by atoms with E-state index in [1.807, 2.05) is 42.6 Å². The lowest BCUT2D eigenvalue weighted by Gasteiger charge is -2.23. The number of aromatic nitrogens is 1. The van der Waals surface area contributed by atoms with Crippen LogP contribution in [-0.4, -0.2) is 10.8 Å². The van der Waals surface area contributed by atoms with Crippen LogP contribution in [0.3, 0.4) is 0 Å². The minimum Gasteiger partial charge on any atom is -0.294 e. The second-order valence-electron chi connectivity index (χ2n) is 5.46. The number of aryl methyl sites for hydroxylation is 1. The molecular formula is C18H19NO. The van der Waals surface area contributed by atoms with Gasteiger partial charge in [-0.15, -0.1) is 0 Å². The number of hydrogen-bond donors (Lipinski definition) is 0. The first-order valence-corrected chi connectivity index (χ1v) is 7.36. The molecule has 2 aromatic rings. The molecule has 2 nitrogen and oxygen atoms in total. The molecule has 0 amide bonds. The van der Waals surface area contributed by atoms with E-state index in [9.17, 15) is 4.79 Å². The highest BCUT2D eigenvalue weighted by molar-refractivity contribution is 5.95. The fraction of sp³-hybridized carbons (Fsp3) is 0.333. The molecule has 1 aliphatic rings. The number of pyridine rings is 1. The van der Waals surface area contributed by atoms with Gasteiger partial charge in [0.2, 0.25) is 0 Å². The molecule has 1 aliphatic carbocycles. The molecule has 0 spiro atoms. The summed E-state index contributed by atoms with van der Waals surface area (Å²) in [5.74, 6) is 0.696. The molecule has 0 fully saturated rings. The molecule has 0 bridgehead atoms. The molecule has 3 rings (SSSR count). The Morgan fingerprint density at radius 1 is 1.15 bits per heavy atom. The van der Waals surface area contributed by atoms with Gasteiger partial charge in [-0.3, -0.25) is 9.78 Å². The summed E-state index contributed by atoms with van der Waals surface area (Å²) < 4.78 is 0. The predicted octanol–water partition coefficient (Wildman–Crippen LogP) is 4.16. The van der Waals surface area contributed by atoms with Crippen LogP contribution in [0.5, 0.6) is 0 Å². The summed E-state index contributed by atoms with van der Waals surface area (Å²) in [5.41, 5.74) is 3.42. The van der Waals surface area contributed by atoms with Crippen molar-refractivity contribution >= 4 is 5.78 Å². The summed E-state index contributed by atoms with van der Waals surface area (Å²) in [6.45, 7) is 0.